The number of benzene rings is 2. The average molecular weight is 540 g/mol. The molecule has 212 valence electrons. The van der Waals surface area contributed by atoms with E-state index in [4.69, 9.17) is 24.7 Å². The van der Waals surface area contributed by atoms with Gasteiger partial charge in [0.15, 0.2) is 0 Å². The molecule has 9 heteroatoms. The van der Waals surface area contributed by atoms with E-state index in [2.05, 4.69) is 11.4 Å². The number of hydrogen-bond acceptors (Lipinski definition) is 6. The summed E-state index contributed by atoms with van der Waals surface area (Å²) in [4.78, 5) is 25.2. The third kappa shape index (κ3) is 8.86. The van der Waals surface area contributed by atoms with Crippen LogP contribution >= 0.6 is 0 Å². The number of carbonyl (C=O) groups is 2. The lowest BCUT2D eigenvalue weighted by Gasteiger charge is -2.32. The Hall–Kier alpha value is -3.30. The van der Waals surface area contributed by atoms with E-state index in [9.17, 15) is 9.59 Å². The molecule has 3 N–H and O–H groups in total. The number of ether oxygens (including phenoxy) is 4. The lowest BCUT2D eigenvalue weighted by atomic mass is 10.0. The molecule has 1 unspecified atom stereocenters. The normalized spacial score (nSPS) is 17.8. The van der Waals surface area contributed by atoms with E-state index in [1.54, 1.807) is 4.90 Å². The van der Waals surface area contributed by atoms with Crippen molar-refractivity contribution in [3.8, 4) is 5.75 Å². The minimum atomic E-state index is -0.626. The van der Waals surface area contributed by atoms with Crippen molar-refractivity contribution < 1.29 is 28.5 Å². The van der Waals surface area contributed by atoms with Gasteiger partial charge in [-0.25, -0.2) is 9.59 Å². The van der Waals surface area contributed by atoms with Gasteiger partial charge in [-0.2, -0.15) is 0 Å². The van der Waals surface area contributed by atoms with Crippen LogP contribution in [0.1, 0.15) is 75.2 Å². The van der Waals surface area contributed by atoms with Gasteiger partial charge in [0.1, 0.15) is 11.9 Å². The molecule has 2 aliphatic heterocycles. The Labute approximate surface area is 230 Å². The first-order chi connectivity index (χ1) is 18.8. The predicted octanol–water partition coefficient (Wildman–Crippen LogP) is 5.92. The van der Waals surface area contributed by atoms with Crippen molar-refractivity contribution in [1.29, 1.82) is 0 Å². The summed E-state index contributed by atoms with van der Waals surface area (Å²) in [5.74, 6) is 0.195. The maximum atomic E-state index is 12.4. The van der Waals surface area contributed by atoms with Gasteiger partial charge in [-0.15, -0.1) is 0 Å². The van der Waals surface area contributed by atoms with Crippen LogP contribution in [-0.2, 0) is 27.2 Å². The van der Waals surface area contributed by atoms with Gasteiger partial charge in [-0.05, 0) is 67.5 Å². The van der Waals surface area contributed by atoms with Crippen LogP contribution in [-0.4, -0.2) is 49.1 Å². The predicted molar refractivity (Wildman–Crippen MR) is 149 cm³/mol. The van der Waals surface area contributed by atoms with Crippen LogP contribution in [0.15, 0.2) is 42.5 Å². The molecule has 2 aliphatic rings. The number of urea groups is 1. The maximum absolute atomic E-state index is 12.4. The number of rotatable bonds is 14. The van der Waals surface area contributed by atoms with Crippen LogP contribution in [0.4, 0.5) is 15.3 Å². The second-order valence-electron chi connectivity index (χ2n) is 10.6. The summed E-state index contributed by atoms with van der Waals surface area (Å²) in [7, 11) is 0. The number of unbranched alkanes of at least 4 members (excludes halogenated alkanes) is 4. The fourth-order valence-electron chi connectivity index (χ4n) is 4.86. The van der Waals surface area contributed by atoms with Crippen LogP contribution in [0, 0.1) is 0 Å². The molecule has 2 heterocycles. The zero-order chi connectivity index (χ0) is 27.7. The number of nitrogens with zero attached hydrogens (tertiary/aromatic N) is 1. The largest absolute Gasteiger partial charge is 0.463 e. The maximum Gasteiger partial charge on any atom is 0.410 e. The third-order valence-electron chi connectivity index (χ3n) is 6.94. The van der Waals surface area contributed by atoms with E-state index in [0.29, 0.717) is 19.7 Å². The highest BCUT2D eigenvalue weighted by Crippen LogP contribution is 2.35. The van der Waals surface area contributed by atoms with E-state index in [1.165, 1.54) is 5.56 Å². The fourth-order valence-corrected chi connectivity index (χ4v) is 4.86. The number of carbonyl (C=O) groups excluding carboxylic acids is 2. The third-order valence-corrected chi connectivity index (χ3v) is 6.94. The summed E-state index contributed by atoms with van der Waals surface area (Å²) in [6.07, 6.45) is 6.55. The van der Waals surface area contributed by atoms with E-state index < -0.39 is 11.8 Å². The number of cyclic esters (lactones) is 1. The molecule has 1 saturated heterocycles. The minimum Gasteiger partial charge on any atom is -0.463 e. The van der Waals surface area contributed by atoms with Gasteiger partial charge in [0.25, 0.3) is 0 Å². The van der Waals surface area contributed by atoms with Gasteiger partial charge < -0.3 is 34.9 Å². The Kier molecular flexibility index (Phi) is 10.1. The van der Waals surface area contributed by atoms with Crippen molar-refractivity contribution in [2.75, 3.05) is 31.6 Å². The van der Waals surface area contributed by atoms with Gasteiger partial charge in [0, 0.05) is 44.9 Å². The fraction of sp³-hybridized carbons (Fsp3) is 0.533. The zero-order valence-corrected chi connectivity index (χ0v) is 23.1. The summed E-state index contributed by atoms with van der Waals surface area (Å²) in [5.41, 5.74) is 9.02. The molecule has 9 nitrogen and oxygen atoms in total. The first kappa shape index (κ1) is 28.7. The van der Waals surface area contributed by atoms with E-state index >= 15 is 0 Å². The molecule has 0 spiro atoms. The molecular formula is C30H41N3O6. The number of nitrogens with one attached hydrogen (secondary N) is 1. The van der Waals surface area contributed by atoms with Gasteiger partial charge >= 0.3 is 12.1 Å². The molecule has 0 bridgehead atoms. The first-order valence-corrected chi connectivity index (χ1v) is 13.9. The van der Waals surface area contributed by atoms with E-state index in [-0.39, 0.29) is 12.2 Å². The van der Waals surface area contributed by atoms with Crippen LogP contribution in [0.3, 0.4) is 0 Å². The number of fused-ring (bicyclic) bond motifs is 1. The second kappa shape index (κ2) is 13.7. The van der Waals surface area contributed by atoms with Crippen LogP contribution in [0.5, 0.6) is 5.75 Å². The van der Waals surface area contributed by atoms with Gasteiger partial charge in [0.05, 0.1) is 13.2 Å². The van der Waals surface area contributed by atoms with Gasteiger partial charge in [0.2, 0.25) is 5.79 Å². The summed E-state index contributed by atoms with van der Waals surface area (Å²) < 4.78 is 23.0. The van der Waals surface area contributed by atoms with Crippen molar-refractivity contribution in [2.24, 2.45) is 5.73 Å². The first-order valence-electron chi connectivity index (χ1n) is 13.9. The summed E-state index contributed by atoms with van der Waals surface area (Å²) >= 11 is 0. The monoisotopic (exact) mass is 539 g/mol. The molecule has 39 heavy (non-hydrogen) atoms. The number of aryl methyl sites for hydroxylation is 1. The molecule has 2 aromatic carbocycles. The SMILES string of the molecule is CC1(C)OCc2cc(C3CN(CCCCCCOCCCCc4cccc(NC(N)=O)c4)C(=O)O3)ccc2O1. The van der Waals surface area contributed by atoms with E-state index in [0.717, 1.165) is 80.7 Å². The smallest absolute Gasteiger partial charge is 0.410 e. The van der Waals surface area contributed by atoms with Gasteiger partial charge in [-0.1, -0.05) is 31.0 Å². The van der Waals surface area contributed by atoms with Crippen molar-refractivity contribution in [3.05, 3.63) is 59.2 Å². The quantitative estimate of drug-likeness (QED) is 0.288. The second-order valence-corrected chi connectivity index (χ2v) is 10.6. The molecule has 1 fully saturated rings. The Bertz CT molecular complexity index is 1120. The lowest BCUT2D eigenvalue weighted by Crippen LogP contribution is -2.35. The van der Waals surface area contributed by atoms with Gasteiger partial charge in [-0.3, -0.25) is 0 Å². The summed E-state index contributed by atoms with van der Waals surface area (Å²) in [6.45, 7) is 7.06. The summed E-state index contributed by atoms with van der Waals surface area (Å²) in [6, 6.07) is 13.1. The van der Waals surface area contributed by atoms with Crippen molar-refractivity contribution >= 4 is 17.8 Å². The number of amides is 3. The van der Waals surface area contributed by atoms with Crippen molar-refractivity contribution in [3.63, 3.8) is 0 Å². The topological polar surface area (TPSA) is 112 Å². The number of hydrogen-bond donors (Lipinski definition) is 2. The standard InChI is InChI=1S/C30H41N3O6/c1-30(2)37-21-24-19-23(13-14-26(24)39-30)27-20-33(29(35)38-27)15-6-3-4-7-16-36-17-8-5-10-22-11-9-12-25(18-22)32-28(31)34/h9,11-14,18-19,27H,3-8,10,15-17,20-21H2,1-2H3,(H3,31,32,34). The highest BCUT2D eigenvalue weighted by atomic mass is 16.7. The highest BCUT2D eigenvalue weighted by molar-refractivity contribution is 5.87. The molecule has 0 radical (unpaired) electrons. The summed E-state index contributed by atoms with van der Waals surface area (Å²) in [5, 5.41) is 2.60. The average Bonchev–Trinajstić information content (AvgIpc) is 3.26. The zero-order valence-electron chi connectivity index (χ0n) is 23.1. The van der Waals surface area contributed by atoms with Crippen LogP contribution in [0.2, 0.25) is 0 Å². The molecule has 0 saturated carbocycles. The van der Waals surface area contributed by atoms with Crippen molar-refractivity contribution in [1.82, 2.24) is 4.90 Å². The minimum absolute atomic E-state index is 0.245. The number of nitrogens with two attached hydrogens (primary N) is 1. The van der Waals surface area contributed by atoms with Crippen molar-refractivity contribution in [2.45, 2.75) is 77.3 Å². The Morgan fingerprint density at radius 2 is 1.87 bits per heavy atom. The molecule has 0 aliphatic carbocycles. The molecule has 1 atom stereocenters. The number of anilines is 1. The van der Waals surface area contributed by atoms with Crippen LogP contribution in [0.25, 0.3) is 0 Å². The lowest BCUT2D eigenvalue weighted by molar-refractivity contribution is -0.180. The number of primary amides is 1. The molecule has 2 aromatic rings. The van der Waals surface area contributed by atoms with Crippen LogP contribution < -0.4 is 15.8 Å². The Balaban J connectivity index is 1.03. The molecule has 3 amide bonds. The Morgan fingerprint density at radius 1 is 1.08 bits per heavy atom. The molecule has 4 rings (SSSR count). The Morgan fingerprint density at radius 3 is 2.69 bits per heavy atom. The highest BCUT2D eigenvalue weighted by Gasteiger charge is 2.33. The molecular weight excluding hydrogens is 498 g/mol. The van der Waals surface area contributed by atoms with E-state index in [1.807, 2.05) is 50.2 Å². The molecule has 0 aromatic heterocycles.